The lowest BCUT2D eigenvalue weighted by Crippen LogP contribution is -2.52. The molecule has 1 atom stereocenters. The van der Waals surface area contributed by atoms with Crippen LogP contribution < -0.4 is 4.90 Å². The number of hydrogen-bond donors (Lipinski definition) is 1. The fourth-order valence-corrected chi connectivity index (χ4v) is 5.29. The quantitative estimate of drug-likeness (QED) is 0.416. The zero-order valence-corrected chi connectivity index (χ0v) is 19.1. The Bertz CT molecular complexity index is 1170. The molecule has 1 unspecified atom stereocenters. The molecule has 34 heavy (non-hydrogen) atoms. The lowest BCUT2D eigenvalue weighted by atomic mass is 9.82. The highest BCUT2D eigenvalue weighted by Gasteiger charge is 2.66. The van der Waals surface area contributed by atoms with E-state index in [0.717, 1.165) is 13.1 Å². The number of Topliss-reactive ketones (excluding diaryl/α,β-unsaturated/α-hetero) is 1. The van der Waals surface area contributed by atoms with Crippen molar-refractivity contribution in [2.24, 2.45) is 0 Å². The number of anilines is 1. The van der Waals surface area contributed by atoms with Crippen molar-refractivity contribution in [2.45, 2.75) is 12.0 Å². The van der Waals surface area contributed by atoms with E-state index in [4.69, 9.17) is 4.74 Å². The fraction of sp³-hybridized carbons (Fsp3) is 0.346. The van der Waals surface area contributed by atoms with Crippen LogP contribution in [0.15, 0.2) is 60.2 Å². The first-order chi connectivity index (χ1) is 16.5. The first-order valence-corrected chi connectivity index (χ1v) is 11.5. The van der Waals surface area contributed by atoms with Crippen LogP contribution in [0, 0.1) is 0 Å². The number of carbonyl (C=O) groups is 3. The van der Waals surface area contributed by atoms with E-state index in [1.165, 1.54) is 9.80 Å². The van der Waals surface area contributed by atoms with Crippen molar-refractivity contribution in [2.75, 3.05) is 51.3 Å². The van der Waals surface area contributed by atoms with Gasteiger partial charge in [-0.2, -0.15) is 0 Å². The van der Waals surface area contributed by atoms with Gasteiger partial charge in [-0.25, -0.2) is 0 Å². The van der Waals surface area contributed by atoms with E-state index in [1.54, 1.807) is 55.6 Å². The normalized spacial score (nSPS) is 24.3. The van der Waals surface area contributed by atoms with Crippen LogP contribution in [0.25, 0.3) is 5.76 Å². The van der Waals surface area contributed by atoms with Crippen LogP contribution in [0.1, 0.15) is 17.5 Å². The van der Waals surface area contributed by atoms with Gasteiger partial charge in [-0.05, 0) is 12.5 Å². The second-order valence-electron chi connectivity index (χ2n) is 8.77. The van der Waals surface area contributed by atoms with E-state index in [1.807, 2.05) is 6.07 Å². The van der Waals surface area contributed by atoms with Crippen molar-refractivity contribution in [3.8, 4) is 0 Å². The molecule has 0 aromatic heterocycles. The highest BCUT2D eigenvalue weighted by Crippen LogP contribution is 2.53. The molecule has 1 spiro atoms. The van der Waals surface area contributed by atoms with Gasteiger partial charge < -0.3 is 19.6 Å². The van der Waals surface area contributed by atoms with Gasteiger partial charge in [-0.3, -0.25) is 19.3 Å². The number of fused-ring (bicyclic) bond motifs is 2. The van der Waals surface area contributed by atoms with Gasteiger partial charge in [0.2, 0.25) is 0 Å². The Morgan fingerprint density at radius 1 is 0.971 bits per heavy atom. The molecule has 176 valence electrons. The minimum Gasteiger partial charge on any atom is -0.507 e. The van der Waals surface area contributed by atoms with Crippen LogP contribution in [-0.4, -0.2) is 78.9 Å². The van der Waals surface area contributed by atoms with Gasteiger partial charge in [0.15, 0.2) is 5.54 Å². The van der Waals surface area contributed by atoms with E-state index in [2.05, 4.69) is 4.90 Å². The van der Waals surface area contributed by atoms with Gasteiger partial charge in [0.05, 0.1) is 18.8 Å². The van der Waals surface area contributed by atoms with E-state index >= 15 is 0 Å². The van der Waals surface area contributed by atoms with E-state index in [0.29, 0.717) is 43.0 Å². The molecule has 1 N–H and O–H groups in total. The number of nitrogens with zero attached hydrogens (tertiary/aromatic N) is 3. The number of benzene rings is 2. The van der Waals surface area contributed by atoms with Crippen LogP contribution in [0.3, 0.4) is 0 Å². The predicted molar refractivity (Wildman–Crippen MR) is 126 cm³/mol. The summed E-state index contributed by atoms with van der Waals surface area (Å²) in [6, 6.07) is 15.7. The smallest absolute Gasteiger partial charge is 0.296 e. The van der Waals surface area contributed by atoms with Crippen LogP contribution in [0.2, 0.25) is 0 Å². The Labute approximate surface area is 198 Å². The SMILES string of the molecule is CN1C(=O)C2(/C(=C(\O)c3ccccc3)C(=O)C(=O)N2CCCN2CCOCC2)c2ccccc21. The van der Waals surface area contributed by atoms with Crippen molar-refractivity contribution in [3.63, 3.8) is 0 Å². The number of likely N-dealkylation sites (N-methyl/N-ethyl adjacent to an activating group) is 1. The summed E-state index contributed by atoms with van der Waals surface area (Å²) in [7, 11) is 1.63. The minimum atomic E-state index is -1.69. The monoisotopic (exact) mass is 461 g/mol. The molecule has 0 aliphatic carbocycles. The number of ether oxygens (including phenoxy) is 1. The summed E-state index contributed by atoms with van der Waals surface area (Å²) in [5.41, 5.74) is -0.327. The first-order valence-electron chi connectivity index (χ1n) is 11.5. The average Bonchev–Trinajstić information content (AvgIpc) is 3.23. The molecule has 2 fully saturated rings. The lowest BCUT2D eigenvalue weighted by molar-refractivity contribution is -0.143. The molecule has 0 saturated carbocycles. The van der Waals surface area contributed by atoms with Gasteiger partial charge in [0, 0.05) is 50.0 Å². The topological polar surface area (TPSA) is 90.4 Å². The number of ketones is 1. The van der Waals surface area contributed by atoms with E-state index in [-0.39, 0.29) is 17.9 Å². The molecule has 0 bridgehead atoms. The average molecular weight is 462 g/mol. The number of rotatable bonds is 5. The summed E-state index contributed by atoms with van der Waals surface area (Å²) in [5, 5.41) is 11.3. The van der Waals surface area contributed by atoms with E-state index in [9.17, 15) is 19.5 Å². The molecule has 2 saturated heterocycles. The third kappa shape index (κ3) is 3.25. The number of carbonyl (C=O) groups excluding carboxylic acids is 3. The third-order valence-electron chi connectivity index (χ3n) is 6.95. The maximum Gasteiger partial charge on any atom is 0.296 e. The highest BCUT2D eigenvalue weighted by atomic mass is 16.5. The molecule has 8 nitrogen and oxygen atoms in total. The van der Waals surface area contributed by atoms with Crippen LogP contribution in [-0.2, 0) is 24.7 Å². The second-order valence-corrected chi connectivity index (χ2v) is 8.77. The fourth-order valence-electron chi connectivity index (χ4n) is 5.29. The summed E-state index contributed by atoms with van der Waals surface area (Å²) in [5.74, 6) is -2.37. The van der Waals surface area contributed by atoms with Gasteiger partial charge in [-0.15, -0.1) is 0 Å². The standard InChI is InChI=1S/C26H27N3O5/c1-27-20-11-6-5-10-19(20)26(25(27)33)21(22(30)18-8-3-2-4-9-18)23(31)24(32)29(26)13-7-12-28-14-16-34-17-15-28/h2-6,8-11,30H,7,12-17H2,1H3/b22-21-. The zero-order chi connectivity index (χ0) is 23.9. The Hall–Kier alpha value is -3.49. The van der Waals surface area contributed by atoms with Crippen molar-refractivity contribution >= 4 is 29.0 Å². The van der Waals surface area contributed by atoms with Crippen molar-refractivity contribution in [3.05, 3.63) is 71.3 Å². The first kappa shape index (κ1) is 22.3. The largest absolute Gasteiger partial charge is 0.507 e. The maximum atomic E-state index is 13.9. The number of morpholine rings is 1. The molecule has 3 aliphatic rings. The Kier molecular flexibility index (Phi) is 5.71. The molecule has 3 heterocycles. The molecule has 2 aromatic carbocycles. The van der Waals surface area contributed by atoms with Crippen LogP contribution in [0.4, 0.5) is 5.69 Å². The number of hydrogen-bond acceptors (Lipinski definition) is 6. The molecule has 2 amide bonds. The highest BCUT2D eigenvalue weighted by molar-refractivity contribution is 6.50. The molecule has 5 rings (SSSR count). The number of likely N-dealkylation sites (tertiary alicyclic amines) is 1. The molecular formula is C26H27N3O5. The van der Waals surface area contributed by atoms with Crippen molar-refractivity contribution in [1.29, 1.82) is 0 Å². The number of aliphatic hydroxyl groups is 1. The second kappa shape index (κ2) is 8.70. The van der Waals surface area contributed by atoms with Crippen LogP contribution in [0.5, 0.6) is 0 Å². The Morgan fingerprint density at radius 2 is 1.65 bits per heavy atom. The van der Waals surface area contributed by atoms with Crippen LogP contribution >= 0.6 is 0 Å². The van der Waals surface area contributed by atoms with E-state index < -0.39 is 23.1 Å². The third-order valence-corrected chi connectivity index (χ3v) is 6.95. The van der Waals surface area contributed by atoms with Gasteiger partial charge >= 0.3 is 0 Å². The van der Waals surface area contributed by atoms with Gasteiger partial charge in [0.25, 0.3) is 17.6 Å². The summed E-state index contributed by atoms with van der Waals surface area (Å²) in [4.78, 5) is 45.8. The zero-order valence-electron chi connectivity index (χ0n) is 19.1. The molecule has 2 aromatic rings. The lowest BCUT2D eigenvalue weighted by Gasteiger charge is -2.35. The van der Waals surface area contributed by atoms with Crippen molar-refractivity contribution in [1.82, 2.24) is 9.80 Å². The summed E-state index contributed by atoms with van der Waals surface area (Å²) >= 11 is 0. The minimum absolute atomic E-state index is 0.170. The number of para-hydroxylation sites is 1. The molecular weight excluding hydrogens is 434 g/mol. The van der Waals surface area contributed by atoms with Crippen molar-refractivity contribution < 1.29 is 24.2 Å². The molecule has 3 aliphatic heterocycles. The Balaban J connectivity index is 1.62. The molecule has 0 radical (unpaired) electrons. The number of amides is 2. The van der Waals surface area contributed by atoms with Gasteiger partial charge in [-0.1, -0.05) is 48.5 Å². The maximum absolute atomic E-state index is 13.9. The summed E-state index contributed by atoms with van der Waals surface area (Å²) in [6.07, 6.45) is 0.583. The Morgan fingerprint density at radius 3 is 2.38 bits per heavy atom. The van der Waals surface area contributed by atoms with Gasteiger partial charge in [0.1, 0.15) is 5.76 Å². The molecule has 8 heteroatoms. The predicted octanol–water partition coefficient (Wildman–Crippen LogP) is 1.96. The number of aliphatic hydroxyl groups excluding tert-OH is 1. The summed E-state index contributed by atoms with van der Waals surface area (Å²) < 4.78 is 5.40. The summed E-state index contributed by atoms with van der Waals surface area (Å²) in [6.45, 7) is 3.87.